The second kappa shape index (κ2) is 7.94. The number of amides is 2. The van der Waals surface area contributed by atoms with E-state index in [-0.39, 0.29) is 23.7 Å². The van der Waals surface area contributed by atoms with Crippen molar-refractivity contribution in [2.75, 3.05) is 16.8 Å². The van der Waals surface area contributed by atoms with Gasteiger partial charge in [-0.1, -0.05) is 36.2 Å². The van der Waals surface area contributed by atoms with Gasteiger partial charge < -0.3 is 16.0 Å². The van der Waals surface area contributed by atoms with Crippen LogP contribution in [0.15, 0.2) is 42.5 Å². The van der Waals surface area contributed by atoms with E-state index in [1.165, 1.54) is 0 Å². The third-order valence-corrected chi connectivity index (χ3v) is 6.08. The highest BCUT2D eigenvalue weighted by Crippen LogP contribution is 2.33. The van der Waals surface area contributed by atoms with Gasteiger partial charge in [-0.15, -0.1) is 0 Å². The molecule has 0 unspecified atom stereocenters. The molecule has 0 spiro atoms. The number of hydrogen-bond acceptors (Lipinski definition) is 3. The SMILES string of the molecule is NC[C@H]1CCC[C@H]1C(=O)Nc1ccc(CN2C(=O)Cc3ccc(Cl)cc32)cc1. The van der Waals surface area contributed by atoms with Crippen molar-refractivity contribution in [1.82, 2.24) is 0 Å². The van der Waals surface area contributed by atoms with Crippen LogP contribution in [0.3, 0.4) is 0 Å². The van der Waals surface area contributed by atoms with E-state index in [0.29, 0.717) is 24.5 Å². The number of benzene rings is 2. The summed E-state index contributed by atoms with van der Waals surface area (Å²) in [7, 11) is 0. The van der Waals surface area contributed by atoms with Crippen molar-refractivity contribution < 1.29 is 9.59 Å². The molecule has 6 heteroatoms. The van der Waals surface area contributed by atoms with E-state index >= 15 is 0 Å². The fourth-order valence-electron chi connectivity index (χ4n) is 4.28. The minimum atomic E-state index is 0.00754. The monoisotopic (exact) mass is 397 g/mol. The number of carbonyl (C=O) groups excluding carboxylic acids is 2. The van der Waals surface area contributed by atoms with Crippen molar-refractivity contribution in [3.05, 3.63) is 58.6 Å². The Labute approximate surface area is 169 Å². The van der Waals surface area contributed by atoms with Gasteiger partial charge in [-0.3, -0.25) is 9.59 Å². The van der Waals surface area contributed by atoms with Gasteiger partial charge in [0.2, 0.25) is 11.8 Å². The van der Waals surface area contributed by atoms with Gasteiger partial charge in [-0.05, 0) is 60.7 Å². The summed E-state index contributed by atoms with van der Waals surface area (Å²) in [4.78, 5) is 26.7. The Morgan fingerprint density at radius 3 is 2.71 bits per heavy atom. The van der Waals surface area contributed by atoms with E-state index < -0.39 is 0 Å². The van der Waals surface area contributed by atoms with Crippen molar-refractivity contribution in [3.8, 4) is 0 Å². The molecule has 2 aromatic rings. The molecule has 4 rings (SSSR count). The Morgan fingerprint density at radius 1 is 1.18 bits per heavy atom. The molecule has 1 aliphatic heterocycles. The van der Waals surface area contributed by atoms with E-state index in [1.807, 2.05) is 42.5 Å². The van der Waals surface area contributed by atoms with Gasteiger partial charge in [0.25, 0.3) is 0 Å². The first-order valence-corrected chi connectivity index (χ1v) is 10.1. The summed E-state index contributed by atoms with van der Waals surface area (Å²) in [6.45, 7) is 1.05. The molecule has 1 aliphatic carbocycles. The normalized spacial score (nSPS) is 21.1. The number of carbonyl (C=O) groups is 2. The van der Waals surface area contributed by atoms with Gasteiger partial charge in [0.15, 0.2) is 0 Å². The average Bonchev–Trinajstić information content (AvgIpc) is 3.28. The van der Waals surface area contributed by atoms with Crippen LogP contribution < -0.4 is 16.0 Å². The molecule has 146 valence electrons. The van der Waals surface area contributed by atoms with Crippen LogP contribution in [0.1, 0.15) is 30.4 Å². The number of nitrogens with one attached hydrogen (secondary N) is 1. The summed E-state index contributed by atoms with van der Waals surface area (Å²) < 4.78 is 0. The number of nitrogens with zero attached hydrogens (tertiary/aromatic N) is 1. The Morgan fingerprint density at radius 2 is 1.96 bits per heavy atom. The maximum absolute atomic E-state index is 12.5. The molecule has 0 saturated heterocycles. The highest BCUT2D eigenvalue weighted by atomic mass is 35.5. The fourth-order valence-corrected chi connectivity index (χ4v) is 4.45. The molecule has 0 aromatic heterocycles. The summed E-state index contributed by atoms with van der Waals surface area (Å²) in [5, 5.41) is 3.63. The number of rotatable bonds is 5. The van der Waals surface area contributed by atoms with E-state index in [9.17, 15) is 9.59 Å². The predicted molar refractivity (Wildman–Crippen MR) is 111 cm³/mol. The predicted octanol–water partition coefficient (Wildman–Crippen LogP) is 3.74. The lowest BCUT2D eigenvalue weighted by Crippen LogP contribution is -2.29. The minimum absolute atomic E-state index is 0.00754. The van der Waals surface area contributed by atoms with Crippen LogP contribution in [-0.4, -0.2) is 18.4 Å². The topological polar surface area (TPSA) is 75.4 Å². The quantitative estimate of drug-likeness (QED) is 0.806. The second-order valence-electron chi connectivity index (χ2n) is 7.65. The molecule has 1 heterocycles. The van der Waals surface area contributed by atoms with Crippen LogP contribution in [0, 0.1) is 11.8 Å². The maximum Gasteiger partial charge on any atom is 0.231 e. The molecule has 1 fully saturated rings. The Bertz CT molecular complexity index is 897. The van der Waals surface area contributed by atoms with Gasteiger partial charge in [-0.25, -0.2) is 0 Å². The molecule has 3 N–H and O–H groups in total. The van der Waals surface area contributed by atoms with Gasteiger partial charge in [0, 0.05) is 22.3 Å². The summed E-state index contributed by atoms with van der Waals surface area (Å²) in [5.74, 6) is 0.420. The van der Waals surface area contributed by atoms with Crippen molar-refractivity contribution >= 4 is 34.8 Å². The summed E-state index contributed by atoms with van der Waals surface area (Å²) >= 11 is 6.10. The molecular formula is C22H24ClN3O2. The van der Waals surface area contributed by atoms with E-state index in [2.05, 4.69) is 5.32 Å². The molecule has 2 atom stereocenters. The molecule has 2 aromatic carbocycles. The van der Waals surface area contributed by atoms with Gasteiger partial charge >= 0.3 is 0 Å². The maximum atomic E-state index is 12.5. The molecule has 5 nitrogen and oxygen atoms in total. The number of hydrogen-bond donors (Lipinski definition) is 2. The lowest BCUT2D eigenvalue weighted by molar-refractivity contribution is -0.120. The first kappa shape index (κ1) is 19.0. The van der Waals surface area contributed by atoms with E-state index in [0.717, 1.165) is 41.8 Å². The number of nitrogens with two attached hydrogens (primary N) is 1. The highest BCUT2D eigenvalue weighted by molar-refractivity contribution is 6.31. The number of halogens is 1. The standard InChI is InChI=1S/C22H24ClN3O2/c23-17-7-6-15-10-21(27)26(20(15)11-17)13-14-4-8-18(9-5-14)25-22(28)19-3-1-2-16(19)12-24/h4-9,11,16,19H,1-3,10,12-13,24H2,(H,25,28)/t16-,19-/m1/s1. The Balaban J connectivity index is 1.42. The number of fused-ring (bicyclic) bond motifs is 1. The molecule has 28 heavy (non-hydrogen) atoms. The second-order valence-corrected chi connectivity index (χ2v) is 8.09. The van der Waals surface area contributed by atoms with Crippen molar-refractivity contribution in [2.45, 2.75) is 32.2 Å². The molecule has 2 aliphatic rings. The van der Waals surface area contributed by atoms with Crippen LogP contribution in [0.25, 0.3) is 0 Å². The zero-order valence-corrected chi connectivity index (χ0v) is 16.4. The highest BCUT2D eigenvalue weighted by Gasteiger charge is 2.32. The van der Waals surface area contributed by atoms with Crippen LogP contribution >= 0.6 is 11.6 Å². The summed E-state index contributed by atoms with van der Waals surface area (Å²) in [6, 6.07) is 13.2. The zero-order valence-electron chi connectivity index (χ0n) is 15.7. The Kier molecular flexibility index (Phi) is 5.38. The van der Waals surface area contributed by atoms with Crippen LogP contribution in [-0.2, 0) is 22.6 Å². The third-order valence-electron chi connectivity index (χ3n) is 5.84. The summed E-state index contributed by atoms with van der Waals surface area (Å²) in [5.41, 5.74) is 9.44. The van der Waals surface area contributed by atoms with Crippen LogP contribution in [0.4, 0.5) is 11.4 Å². The Hall–Kier alpha value is -2.37. The average molecular weight is 398 g/mol. The van der Waals surface area contributed by atoms with Gasteiger partial charge in [0.05, 0.1) is 13.0 Å². The zero-order chi connectivity index (χ0) is 19.7. The molecule has 0 radical (unpaired) electrons. The third kappa shape index (κ3) is 3.77. The molecule has 0 bridgehead atoms. The van der Waals surface area contributed by atoms with E-state index in [1.54, 1.807) is 4.90 Å². The first-order chi connectivity index (χ1) is 13.5. The smallest absolute Gasteiger partial charge is 0.231 e. The van der Waals surface area contributed by atoms with Crippen LogP contribution in [0.5, 0.6) is 0 Å². The number of anilines is 2. The minimum Gasteiger partial charge on any atom is -0.330 e. The van der Waals surface area contributed by atoms with Gasteiger partial charge in [0.1, 0.15) is 0 Å². The van der Waals surface area contributed by atoms with Crippen LogP contribution in [0.2, 0.25) is 5.02 Å². The lowest BCUT2D eigenvalue weighted by atomic mass is 9.95. The molecule has 2 amide bonds. The van der Waals surface area contributed by atoms with Crippen molar-refractivity contribution in [2.24, 2.45) is 17.6 Å². The largest absolute Gasteiger partial charge is 0.330 e. The van der Waals surface area contributed by atoms with E-state index in [4.69, 9.17) is 17.3 Å². The fraction of sp³-hybridized carbons (Fsp3) is 0.364. The molecule has 1 saturated carbocycles. The van der Waals surface area contributed by atoms with Gasteiger partial charge in [-0.2, -0.15) is 0 Å². The first-order valence-electron chi connectivity index (χ1n) is 9.74. The van der Waals surface area contributed by atoms with Crippen molar-refractivity contribution in [1.29, 1.82) is 0 Å². The van der Waals surface area contributed by atoms with Crippen molar-refractivity contribution in [3.63, 3.8) is 0 Å². The lowest BCUT2D eigenvalue weighted by Gasteiger charge is -2.19. The summed E-state index contributed by atoms with van der Waals surface area (Å²) in [6.07, 6.45) is 3.41. The molecular weight excluding hydrogens is 374 g/mol.